The highest BCUT2D eigenvalue weighted by Gasteiger charge is 2.20. The Balaban J connectivity index is 1.84. The van der Waals surface area contributed by atoms with E-state index in [9.17, 15) is 0 Å². The molecule has 2 N–H and O–H groups in total. The molecule has 0 amide bonds. The van der Waals surface area contributed by atoms with Crippen LogP contribution in [0.15, 0.2) is 12.3 Å². The van der Waals surface area contributed by atoms with Crippen LogP contribution in [0.25, 0.3) is 0 Å². The SMILES string of the molecule is CCC1COCCN1CCn1ccc(N)n1. The third-order valence-electron chi connectivity index (χ3n) is 3.10. The van der Waals surface area contributed by atoms with Gasteiger partial charge in [-0.1, -0.05) is 6.92 Å². The summed E-state index contributed by atoms with van der Waals surface area (Å²) in [4.78, 5) is 2.47. The van der Waals surface area contributed by atoms with Crippen LogP contribution in [0.4, 0.5) is 5.82 Å². The molecule has 0 bridgehead atoms. The van der Waals surface area contributed by atoms with E-state index in [-0.39, 0.29) is 0 Å². The van der Waals surface area contributed by atoms with E-state index in [0.29, 0.717) is 11.9 Å². The molecule has 0 radical (unpaired) electrons. The van der Waals surface area contributed by atoms with Gasteiger partial charge in [0.25, 0.3) is 0 Å². The van der Waals surface area contributed by atoms with E-state index < -0.39 is 0 Å². The first-order valence-corrected chi connectivity index (χ1v) is 5.90. The molecule has 1 aromatic heterocycles. The van der Waals surface area contributed by atoms with Crippen LogP contribution in [0.2, 0.25) is 0 Å². The lowest BCUT2D eigenvalue weighted by Crippen LogP contribution is -2.46. The van der Waals surface area contributed by atoms with Crippen molar-refractivity contribution in [3.8, 4) is 0 Å². The molecule has 5 heteroatoms. The zero-order chi connectivity index (χ0) is 11.4. The highest BCUT2D eigenvalue weighted by Crippen LogP contribution is 2.10. The molecule has 0 aromatic carbocycles. The first-order valence-electron chi connectivity index (χ1n) is 5.90. The topological polar surface area (TPSA) is 56.3 Å². The minimum atomic E-state index is 0.557. The summed E-state index contributed by atoms with van der Waals surface area (Å²) in [7, 11) is 0. The van der Waals surface area contributed by atoms with Crippen molar-refractivity contribution in [2.24, 2.45) is 0 Å². The molecule has 1 fully saturated rings. The Labute approximate surface area is 96.2 Å². The molecule has 5 nitrogen and oxygen atoms in total. The summed E-state index contributed by atoms with van der Waals surface area (Å²) < 4.78 is 7.38. The average molecular weight is 224 g/mol. The molecule has 0 aliphatic carbocycles. The Morgan fingerprint density at radius 1 is 1.56 bits per heavy atom. The molecule has 1 aromatic rings. The molecule has 0 spiro atoms. The second-order valence-electron chi connectivity index (χ2n) is 4.18. The molecule has 0 saturated carbocycles. The van der Waals surface area contributed by atoms with E-state index in [0.717, 1.165) is 39.3 Å². The van der Waals surface area contributed by atoms with Crippen molar-refractivity contribution in [2.75, 3.05) is 32.0 Å². The molecule has 90 valence electrons. The normalized spacial score (nSPS) is 22.4. The van der Waals surface area contributed by atoms with E-state index in [1.807, 2.05) is 16.9 Å². The molecule has 2 rings (SSSR count). The predicted molar refractivity (Wildman–Crippen MR) is 63.1 cm³/mol. The quantitative estimate of drug-likeness (QED) is 0.812. The fourth-order valence-corrected chi connectivity index (χ4v) is 2.09. The maximum absolute atomic E-state index is 5.58. The van der Waals surface area contributed by atoms with Crippen LogP contribution in [0.5, 0.6) is 0 Å². The summed E-state index contributed by atoms with van der Waals surface area (Å²) in [5.74, 6) is 0.592. The maximum atomic E-state index is 5.58. The minimum absolute atomic E-state index is 0.557. The average Bonchev–Trinajstić information content (AvgIpc) is 2.73. The number of hydrogen-bond donors (Lipinski definition) is 1. The van der Waals surface area contributed by atoms with Crippen LogP contribution in [-0.4, -0.2) is 47.0 Å². The third-order valence-corrected chi connectivity index (χ3v) is 3.10. The van der Waals surface area contributed by atoms with Gasteiger partial charge < -0.3 is 10.5 Å². The number of nitrogens with zero attached hydrogens (tertiary/aromatic N) is 3. The number of nitrogen functional groups attached to an aromatic ring is 1. The largest absolute Gasteiger partial charge is 0.382 e. The lowest BCUT2D eigenvalue weighted by atomic mass is 10.2. The second-order valence-corrected chi connectivity index (χ2v) is 4.18. The van der Waals surface area contributed by atoms with Crippen LogP contribution in [0, 0.1) is 0 Å². The zero-order valence-electron chi connectivity index (χ0n) is 9.80. The van der Waals surface area contributed by atoms with Crippen LogP contribution in [0.3, 0.4) is 0 Å². The Morgan fingerprint density at radius 2 is 2.44 bits per heavy atom. The lowest BCUT2D eigenvalue weighted by Gasteiger charge is -2.34. The molecule has 1 atom stereocenters. The van der Waals surface area contributed by atoms with Crippen molar-refractivity contribution in [2.45, 2.75) is 25.9 Å². The number of ether oxygens (including phenoxy) is 1. The first kappa shape index (κ1) is 11.4. The van der Waals surface area contributed by atoms with Crippen molar-refractivity contribution >= 4 is 5.82 Å². The number of aromatic nitrogens is 2. The van der Waals surface area contributed by atoms with Crippen LogP contribution in [0.1, 0.15) is 13.3 Å². The standard InChI is InChI=1S/C11H20N4O/c1-2-10-9-16-8-7-14(10)5-6-15-4-3-11(12)13-15/h3-4,10H,2,5-9H2,1H3,(H2,12,13). The molecule has 1 aliphatic rings. The molecule has 1 saturated heterocycles. The molecule has 16 heavy (non-hydrogen) atoms. The van der Waals surface area contributed by atoms with Crippen molar-refractivity contribution in [1.29, 1.82) is 0 Å². The molecular weight excluding hydrogens is 204 g/mol. The summed E-state index contributed by atoms with van der Waals surface area (Å²) in [6, 6.07) is 2.39. The molecule has 1 unspecified atom stereocenters. The van der Waals surface area contributed by atoms with Crippen molar-refractivity contribution < 1.29 is 4.74 Å². The zero-order valence-corrected chi connectivity index (χ0v) is 9.80. The maximum Gasteiger partial charge on any atom is 0.145 e. The van der Waals surface area contributed by atoms with Crippen molar-refractivity contribution in [3.05, 3.63) is 12.3 Å². The fraction of sp³-hybridized carbons (Fsp3) is 0.727. The van der Waals surface area contributed by atoms with Crippen LogP contribution >= 0.6 is 0 Å². The number of nitrogens with two attached hydrogens (primary N) is 1. The van der Waals surface area contributed by atoms with Gasteiger partial charge in [-0.05, 0) is 12.5 Å². The van der Waals surface area contributed by atoms with Gasteiger partial charge in [-0.3, -0.25) is 9.58 Å². The fourth-order valence-electron chi connectivity index (χ4n) is 2.09. The lowest BCUT2D eigenvalue weighted by molar-refractivity contribution is -0.0103. The summed E-state index contributed by atoms with van der Waals surface area (Å²) >= 11 is 0. The van der Waals surface area contributed by atoms with Gasteiger partial charge >= 0.3 is 0 Å². The van der Waals surface area contributed by atoms with Gasteiger partial charge in [0.1, 0.15) is 5.82 Å². The first-order chi connectivity index (χ1) is 7.79. The van der Waals surface area contributed by atoms with E-state index in [1.54, 1.807) is 0 Å². The van der Waals surface area contributed by atoms with E-state index >= 15 is 0 Å². The van der Waals surface area contributed by atoms with Gasteiger partial charge in [-0.15, -0.1) is 0 Å². The van der Waals surface area contributed by atoms with Gasteiger partial charge in [0, 0.05) is 25.3 Å². The van der Waals surface area contributed by atoms with Gasteiger partial charge in [0.05, 0.1) is 19.8 Å². The Bertz CT molecular complexity index is 326. The van der Waals surface area contributed by atoms with Crippen LogP contribution in [-0.2, 0) is 11.3 Å². The minimum Gasteiger partial charge on any atom is -0.382 e. The Morgan fingerprint density at radius 3 is 3.12 bits per heavy atom. The Hall–Kier alpha value is -1.07. The smallest absolute Gasteiger partial charge is 0.145 e. The number of rotatable bonds is 4. The summed E-state index contributed by atoms with van der Waals surface area (Å²) in [6.07, 6.45) is 3.07. The number of hydrogen-bond acceptors (Lipinski definition) is 4. The summed E-state index contributed by atoms with van der Waals surface area (Å²) in [5.41, 5.74) is 5.58. The highest BCUT2D eigenvalue weighted by atomic mass is 16.5. The summed E-state index contributed by atoms with van der Waals surface area (Å²) in [6.45, 7) is 6.85. The van der Waals surface area contributed by atoms with Crippen molar-refractivity contribution in [1.82, 2.24) is 14.7 Å². The van der Waals surface area contributed by atoms with E-state index in [4.69, 9.17) is 10.5 Å². The van der Waals surface area contributed by atoms with Gasteiger partial charge in [0.2, 0.25) is 0 Å². The monoisotopic (exact) mass is 224 g/mol. The number of anilines is 1. The van der Waals surface area contributed by atoms with Gasteiger partial charge in [-0.2, -0.15) is 5.10 Å². The Kier molecular flexibility index (Phi) is 3.79. The van der Waals surface area contributed by atoms with E-state index in [2.05, 4.69) is 16.9 Å². The predicted octanol–water partition coefficient (Wildman–Crippen LogP) is 0.576. The molecule has 2 heterocycles. The number of morpholine rings is 1. The molecular formula is C11H20N4O. The van der Waals surface area contributed by atoms with E-state index in [1.165, 1.54) is 0 Å². The third kappa shape index (κ3) is 2.74. The molecule has 1 aliphatic heterocycles. The van der Waals surface area contributed by atoms with Crippen molar-refractivity contribution in [3.63, 3.8) is 0 Å². The van der Waals surface area contributed by atoms with Gasteiger partial charge in [0.15, 0.2) is 0 Å². The van der Waals surface area contributed by atoms with Gasteiger partial charge in [-0.25, -0.2) is 0 Å². The van der Waals surface area contributed by atoms with Crippen LogP contribution < -0.4 is 5.73 Å². The summed E-state index contributed by atoms with van der Waals surface area (Å²) in [5, 5.41) is 4.18. The second kappa shape index (κ2) is 5.32. The highest BCUT2D eigenvalue weighted by molar-refractivity contribution is 5.23.